The third-order valence-electron chi connectivity index (χ3n) is 4.43. The molecule has 7 nitrogen and oxygen atoms in total. The number of hydrogen-bond donors (Lipinski definition) is 1. The highest BCUT2D eigenvalue weighted by Gasteiger charge is 2.31. The lowest BCUT2D eigenvalue weighted by Gasteiger charge is -2.37. The second-order valence-electron chi connectivity index (χ2n) is 6.31. The summed E-state index contributed by atoms with van der Waals surface area (Å²) in [7, 11) is 0. The quantitative estimate of drug-likeness (QED) is 0.839. The number of hydrogen-bond acceptors (Lipinski definition) is 6. The van der Waals surface area contributed by atoms with Crippen LogP contribution < -0.4 is 15.0 Å². The molecular weight excluding hydrogens is 375 g/mol. The maximum Gasteiger partial charge on any atom is 0.573 e. The first-order chi connectivity index (χ1) is 13.3. The molecule has 1 N–H and O–H groups in total. The topological polar surface area (TPSA) is 70.6 Å². The van der Waals surface area contributed by atoms with Crippen LogP contribution in [0.15, 0.2) is 42.7 Å². The molecule has 2 heterocycles. The van der Waals surface area contributed by atoms with E-state index in [0.717, 1.165) is 12.1 Å². The van der Waals surface area contributed by atoms with Gasteiger partial charge in [-0.05, 0) is 37.3 Å². The Labute approximate surface area is 160 Å². The van der Waals surface area contributed by atoms with Crippen LogP contribution in [0.1, 0.15) is 6.92 Å². The second kappa shape index (κ2) is 8.42. The number of nitrogens with zero attached hydrogens (tertiary/aromatic N) is 4. The third kappa shape index (κ3) is 5.32. The lowest BCUT2D eigenvalue weighted by molar-refractivity contribution is -0.274. The Morgan fingerprint density at radius 3 is 2.29 bits per heavy atom. The molecule has 1 aromatic carbocycles. The fourth-order valence-electron chi connectivity index (χ4n) is 2.92. The molecule has 0 radical (unpaired) electrons. The molecule has 28 heavy (non-hydrogen) atoms. The molecule has 3 rings (SSSR count). The van der Waals surface area contributed by atoms with Crippen LogP contribution in [-0.4, -0.2) is 59.4 Å². The van der Waals surface area contributed by atoms with Crippen molar-refractivity contribution in [3.63, 3.8) is 0 Å². The van der Waals surface area contributed by atoms with Gasteiger partial charge in [0, 0.05) is 44.3 Å². The van der Waals surface area contributed by atoms with Crippen LogP contribution in [0.5, 0.6) is 5.75 Å². The van der Waals surface area contributed by atoms with Gasteiger partial charge < -0.3 is 15.0 Å². The van der Waals surface area contributed by atoms with E-state index in [4.69, 9.17) is 0 Å². The fourth-order valence-corrected chi connectivity index (χ4v) is 2.92. The zero-order valence-corrected chi connectivity index (χ0v) is 15.2. The largest absolute Gasteiger partial charge is 0.573 e. The van der Waals surface area contributed by atoms with Gasteiger partial charge in [-0.15, -0.1) is 13.2 Å². The van der Waals surface area contributed by atoms with Crippen LogP contribution in [0.25, 0.3) is 0 Å². The van der Waals surface area contributed by atoms with Crippen molar-refractivity contribution in [2.75, 3.05) is 36.4 Å². The number of benzene rings is 1. The summed E-state index contributed by atoms with van der Waals surface area (Å²) in [5, 5.41) is 2.72. The average molecular weight is 395 g/mol. The zero-order valence-electron chi connectivity index (χ0n) is 15.2. The molecule has 1 saturated heterocycles. The van der Waals surface area contributed by atoms with Gasteiger partial charge in [-0.2, -0.15) is 0 Å². The van der Waals surface area contributed by atoms with Gasteiger partial charge in [-0.25, -0.2) is 9.97 Å². The number of carbonyl (C=O) groups excluding carboxylic acids is 1. The molecule has 0 aliphatic carbocycles. The molecular formula is C18H20F3N5O2. The molecule has 2 aromatic rings. The van der Waals surface area contributed by atoms with E-state index in [1.54, 1.807) is 25.4 Å². The zero-order chi connectivity index (χ0) is 20.1. The molecule has 1 aliphatic heterocycles. The second-order valence-corrected chi connectivity index (χ2v) is 6.31. The number of piperazine rings is 1. The molecule has 1 aliphatic rings. The van der Waals surface area contributed by atoms with E-state index in [0.29, 0.717) is 37.8 Å². The van der Waals surface area contributed by atoms with Crippen molar-refractivity contribution in [3.05, 3.63) is 42.7 Å². The van der Waals surface area contributed by atoms with Crippen LogP contribution in [-0.2, 0) is 4.79 Å². The van der Waals surface area contributed by atoms with Gasteiger partial charge in [-0.1, -0.05) is 0 Å². The van der Waals surface area contributed by atoms with Crippen molar-refractivity contribution >= 4 is 17.5 Å². The van der Waals surface area contributed by atoms with Crippen molar-refractivity contribution in [3.8, 4) is 5.75 Å². The molecule has 1 atom stereocenters. The van der Waals surface area contributed by atoms with E-state index in [-0.39, 0.29) is 17.7 Å². The number of alkyl halides is 3. The summed E-state index contributed by atoms with van der Waals surface area (Å²) in [6, 6.07) is 6.43. The maximum atomic E-state index is 12.5. The lowest BCUT2D eigenvalue weighted by Crippen LogP contribution is -2.53. The molecule has 0 saturated carbocycles. The van der Waals surface area contributed by atoms with Crippen molar-refractivity contribution in [2.45, 2.75) is 19.3 Å². The monoisotopic (exact) mass is 395 g/mol. The summed E-state index contributed by atoms with van der Waals surface area (Å²) in [4.78, 5) is 25.0. The Morgan fingerprint density at radius 2 is 1.71 bits per heavy atom. The molecule has 150 valence electrons. The molecule has 1 aromatic heterocycles. The molecule has 1 unspecified atom stereocenters. The van der Waals surface area contributed by atoms with Crippen molar-refractivity contribution < 1.29 is 22.7 Å². The molecule has 1 fully saturated rings. The summed E-state index contributed by atoms with van der Waals surface area (Å²) in [5.41, 5.74) is 0.405. The van der Waals surface area contributed by atoms with Crippen LogP contribution >= 0.6 is 0 Å². The minimum absolute atomic E-state index is 0.228. The summed E-state index contributed by atoms with van der Waals surface area (Å²) >= 11 is 0. The number of aromatic nitrogens is 2. The first-order valence-corrected chi connectivity index (χ1v) is 8.74. The predicted molar refractivity (Wildman–Crippen MR) is 97.0 cm³/mol. The predicted octanol–water partition coefficient (Wildman–Crippen LogP) is 2.52. The van der Waals surface area contributed by atoms with Crippen molar-refractivity contribution in [2.24, 2.45) is 0 Å². The Bertz CT molecular complexity index is 778. The van der Waals surface area contributed by atoms with E-state index < -0.39 is 6.36 Å². The smallest absolute Gasteiger partial charge is 0.406 e. The summed E-state index contributed by atoms with van der Waals surface area (Å²) < 4.78 is 40.4. The standard InChI is InChI=1S/C18H20F3N5O2/c1-13(25-9-11-26(12-10-25)17-22-7-2-8-23-17)16(27)24-14-3-5-15(6-4-14)28-18(19,20)21/h2-8,13H,9-12H2,1H3,(H,24,27). The van der Waals surface area contributed by atoms with E-state index in [2.05, 4.69) is 24.9 Å². The van der Waals surface area contributed by atoms with E-state index >= 15 is 0 Å². The fraction of sp³-hybridized carbons (Fsp3) is 0.389. The Morgan fingerprint density at radius 1 is 1.11 bits per heavy atom. The van der Waals surface area contributed by atoms with Crippen LogP contribution in [0.3, 0.4) is 0 Å². The van der Waals surface area contributed by atoms with Gasteiger partial charge in [0.05, 0.1) is 6.04 Å². The van der Waals surface area contributed by atoms with Gasteiger partial charge in [0.25, 0.3) is 0 Å². The molecule has 1 amide bonds. The van der Waals surface area contributed by atoms with Gasteiger partial charge in [-0.3, -0.25) is 9.69 Å². The summed E-state index contributed by atoms with van der Waals surface area (Å²) in [6.45, 7) is 4.54. The third-order valence-corrected chi connectivity index (χ3v) is 4.43. The Kier molecular flexibility index (Phi) is 5.98. The van der Waals surface area contributed by atoms with Crippen LogP contribution in [0, 0.1) is 0 Å². The normalized spacial score (nSPS) is 16.5. The van der Waals surface area contributed by atoms with E-state index in [1.807, 2.05) is 4.90 Å². The minimum atomic E-state index is -4.74. The number of amides is 1. The number of ether oxygens (including phenoxy) is 1. The Hall–Kier alpha value is -2.88. The number of anilines is 2. The summed E-state index contributed by atoms with van der Waals surface area (Å²) in [5.74, 6) is 0.104. The number of rotatable bonds is 5. The van der Waals surface area contributed by atoms with Gasteiger partial charge in [0.15, 0.2) is 0 Å². The van der Waals surface area contributed by atoms with Crippen molar-refractivity contribution in [1.82, 2.24) is 14.9 Å². The highest BCUT2D eigenvalue weighted by atomic mass is 19.4. The number of carbonyl (C=O) groups is 1. The average Bonchev–Trinajstić information content (AvgIpc) is 2.68. The highest BCUT2D eigenvalue weighted by molar-refractivity contribution is 5.94. The van der Waals surface area contributed by atoms with Crippen LogP contribution in [0.2, 0.25) is 0 Å². The first kappa shape index (κ1) is 19.9. The van der Waals surface area contributed by atoms with Gasteiger partial charge in [0.1, 0.15) is 5.75 Å². The van der Waals surface area contributed by atoms with E-state index in [9.17, 15) is 18.0 Å². The highest BCUT2D eigenvalue weighted by Crippen LogP contribution is 2.24. The molecule has 10 heteroatoms. The molecule has 0 spiro atoms. The van der Waals surface area contributed by atoms with Gasteiger partial charge in [0.2, 0.25) is 11.9 Å². The summed E-state index contributed by atoms with van der Waals surface area (Å²) in [6.07, 6.45) is -1.36. The lowest BCUT2D eigenvalue weighted by atomic mass is 10.2. The minimum Gasteiger partial charge on any atom is -0.406 e. The van der Waals surface area contributed by atoms with Crippen molar-refractivity contribution in [1.29, 1.82) is 0 Å². The first-order valence-electron chi connectivity index (χ1n) is 8.74. The molecule has 0 bridgehead atoms. The Balaban J connectivity index is 1.51. The SMILES string of the molecule is CC(C(=O)Nc1ccc(OC(F)(F)F)cc1)N1CCN(c2ncccn2)CC1. The van der Waals surface area contributed by atoms with Crippen LogP contribution in [0.4, 0.5) is 24.8 Å². The number of halogens is 3. The van der Waals surface area contributed by atoms with E-state index in [1.165, 1.54) is 12.1 Å². The number of nitrogens with one attached hydrogen (secondary N) is 1. The van der Waals surface area contributed by atoms with Gasteiger partial charge >= 0.3 is 6.36 Å². The maximum absolute atomic E-state index is 12.5.